The summed E-state index contributed by atoms with van der Waals surface area (Å²) in [5, 5.41) is 10.2. The fourth-order valence-corrected chi connectivity index (χ4v) is 3.33. The summed E-state index contributed by atoms with van der Waals surface area (Å²) in [6.45, 7) is 1.98. The number of hydrogen-bond donors (Lipinski definition) is 1. The van der Waals surface area contributed by atoms with E-state index >= 15 is 0 Å². The van der Waals surface area contributed by atoms with E-state index in [-0.39, 0.29) is 11.9 Å². The number of hydrogen-bond acceptors (Lipinski definition) is 1. The molecular weight excluding hydrogens is 215 g/mol. The molecule has 0 aromatic heterocycles. The third-order valence-corrected chi connectivity index (χ3v) is 4.56. The maximum absolute atomic E-state index is 13.2. The van der Waals surface area contributed by atoms with E-state index in [0.717, 1.165) is 23.0 Å². The Hall–Kier alpha value is -0.890. The Morgan fingerprint density at radius 1 is 1.29 bits per heavy atom. The van der Waals surface area contributed by atoms with Crippen molar-refractivity contribution in [1.82, 2.24) is 0 Å². The largest absolute Gasteiger partial charge is 0.392 e. The van der Waals surface area contributed by atoms with Gasteiger partial charge in [0.15, 0.2) is 0 Å². The molecule has 1 N–H and O–H groups in total. The Morgan fingerprint density at radius 2 is 2.00 bits per heavy atom. The predicted molar refractivity (Wildman–Crippen MR) is 65.2 cm³/mol. The summed E-state index contributed by atoms with van der Waals surface area (Å²) >= 11 is 0. The number of halogens is 1. The lowest BCUT2D eigenvalue weighted by molar-refractivity contribution is 0.104. The highest BCUT2D eigenvalue weighted by Gasteiger charge is 2.47. The first-order chi connectivity index (χ1) is 8.13. The van der Waals surface area contributed by atoms with Crippen LogP contribution in [0.5, 0.6) is 0 Å². The fourth-order valence-electron chi connectivity index (χ4n) is 3.33. The Kier molecular flexibility index (Phi) is 2.70. The minimum Gasteiger partial charge on any atom is -0.392 e. The number of fused-ring (bicyclic) bond motifs is 1. The van der Waals surface area contributed by atoms with Gasteiger partial charge in [0.05, 0.1) is 6.10 Å². The summed E-state index contributed by atoms with van der Waals surface area (Å²) in [6, 6.07) is 4.84. The van der Waals surface area contributed by atoms with Crippen LogP contribution in [-0.2, 0) is 6.42 Å². The lowest BCUT2D eigenvalue weighted by atomic mass is 9.91. The van der Waals surface area contributed by atoms with Gasteiger partial charge in [-0.2, -0.15) is 0 Å². The quantitative estimate of drug-likeness (QED) is 0.852. The van der Waals surface area contributed by atoms with Gasteiger partial charge in [-0.05, 0) is 73.6 Å². The minimum atomic E-state index is -0.289. The molecule has 0 spiro atoms. The van der Waals surface area contributed by atoms with Crippen molar-refractivity contribution < 1.29 is 9.50 Å². The van der Waals surface area contributed by atoms with Crippen LogP contribution in [0.3, 0.4) is 0 Å². The molecule has 2 heteroatoms. The van der Waals surface area contributed by atoms with Gasteiger partial charge < -0.3 is 5.11 Å². The second-order valence-corrected chi connectivity index (χ2v) is 5.83. The molecular formula is C15H19FO. The molecule has 0 radical (unpaired) electrons. The van der Waals surface area contributed by atoms with E-state index in [9.17, 15) is 9.50 Å². The highest BCUT2D eigenvalue weighted by Crippen LogP contribution is 2.55. The molecule has 17 heavy (non-hydrogen) atoms. The summed E-state index contributed by atoms with van der Waals surface area (Å²) in [4.78, 5) is 0. The van der Waals surface area contributed by atoms with Gasteiger partial charge in [0.25, 0.3) is 0 Å². The van der Waals surface area contributed by atoms with Crippen LogP contribution in [0.15, 0.2) is 18.2 Å². The van der Waals surface area contributed by atoms with Crippen molar-refractivity contribution in [3.05, 3.63) is 35.1 Å². The highest BCUT2D eigenvalue weighted by atomic mass is 19.1. The number of benzene rings is 1. The zero-order chi connectivity index (χ0) is 12.0. The molecule has 0 bridgehead atoms. The van der Waals surface area contributed by atoms with Crippen molar-refractivity contribution in [2.45, 2.75) is 38.7 Å². The van der Waals surface area contributed by atoms with E-state index in [1.54, 1.807) is 12.1 Å². The molecule has 3 unspecified atom stereocenters. The van der Waals surface area contributed by atoms with E-state index in [2.05, 4.69) is 0 Å². The number of aliphatic hydroxyl groups is 1. The third-order valence-electron chi connectivity index (χ3n) is 4.56. The average Bonchev–Trinajstić information content (AvgIpc) is 2.91. The first kappa shape index (κ1) is 11.2. The predicted octanol–water partition coefficient (Wildman–Crippen LogP) is 3.08. The molecule has 2 aliphatic rings. The van der Waals surface area contributed by atoms with Gasteiger partial charge >= 0.3 is 0 Å². The summed E-state index contributed by atoms with van der Waals surface area (Å²) < 4.78 is 13.2. The van der Waals surface area contributed by atoms with E-state index < -0.39 is 0 Å². The zero-order valence-corrected chi connectivity index (χ0v) is 10.2. The zero-order valence-electron chi connectivity index (χ0n) is 10.2. The molecule has 1 aromatic carbocycles. The lowest BCUT2D eigenvalue weighted by Crippen LogP contribution is -2.22. The van der Waals surface area contributed by atoms with Crippen molar-refractivity contribution >= 4 is 0 Å². The fraction of sp³-hybridized carbons (Fsp3) is 0.600. The Bertz CT molecular complexity index is 419. The average molecular weight is 234 g/mol. The molecule has 2 aliphatic carbocycles. The summed E-state index contributed by atoms with van der Waals surface area (Å²) in [6.07, 6.45) is 4.05. The maximum atomic E-state index is 13.2. The smallest absolute Gasteiger partial charge is 0.123 e. The molecule has 0 saturated heterocycles. The molecule has 0 aliphatic heterocycles. The van der Waals surface area contributed by atoms with Crippen molar-refractivity contribution in [2.75, 3.05) is 0 Å². The van der Waals surface area contributed by atoms with Crippen LogP contribution < -0.4 is 0 Å². The van der Waals surface area contributed by atoms with Crippen LogP contribution in [0.2, 0.25) is 0 Å². The molecule has 2 saturated carbocycles. The highest BCUT2D eigenvalue weighted by molar-refractivity contribution is 5.27. The summed E-state index contributed by atoms with van der Waals surface area (Å²) in [5.74, 6) is 2.03. The standard InChI is InChI=1S/C15H19FO/c1-9-2-3-14(16)7-10(9)8-15(17)13-5-11-4-12(11)6-13/h2-3,7,11-13,15,17H,4-6,8H2,1H3. The van der Waals surface area contributed by atoms with Gasteiger partial charge in [0.2, 0.25) is 0 Å². The molecule has 1 aromatic rings. The molecule has 92 valence electrons. The molecule has 3 atom stereocenters. The van der Waals surface area contributed by atoms with Crippen LogP contribution in [0, 0.1) is 30.5 Å². The topological polar surface area (TPSA) is 20.2 Å². The number of aryl methyl sites for hydroxylation is 1. The van der Waals surface area contributed by atoms with E-state index in [1.165, 1.54) is 25.3 Å². The second-order valence-electron chi connectivity index (χ2n) is 5.83. The third kappa shape index (κ3) is 2.23. The minimum absolute atomic E-state index is 0.202. The molecule has 2 fully saturated rings. The van der Waals surface area contributed by atoms with E-state index in [1.807, 2.05) is 6.92 Å². The lowest BCUT2D eigenvalue weighted by Gasteiger charge is -2.20. The maximum Gasteiger partial charge on any atom is 0.123 e. The number of rotatable bonds is 3. The van der Waals surface area contributed by atoms with Crippen LogP contribution in [0.25, 0.3) is 0 Å². The van der Waals surface area contributed by atoms with Gasteiger partial charge in [-0.25, -0.2) is 4.39 Å². The van der Waals surface area contributed by atoms with Crippen LogP contribution in [0.4, 0.5) is 4.39 Å². The van der Waals surface area contributed by atoms with Gasteiger partial charge in [-0.3, -0.25) is 0 Å². The van der Waals surface area contributed by atoms with Crippen molar-refractivity contribution in [3.8, 4) is 0 Å². The van der Waals surface area contributed by atoms with Crippen LogP contribution in [-0.4, -0.2) is 11.2 Å². The normalized spacial score (nSPS) is 32.3. The Labute approximate surface area is 102 Å². The van der Waals surface area contributed by atoms with Crippen molar-refractivity contribution in [2.24, 2.45) is 17.8 Å². The summed E-state index contributed by atoms with van der Waals surface area (Å²) in [5.41, 5.74) is 2.03. The molecule has 1 nitrogen and oxygen atoms in total. The van der Waals surface area contributed by atoms with Crippen LogP contribution in [0.1, 0.15) is 30.4 Å². The number of aliphatic hydroxyl groups excluding tert-OH is 1. The van der Waals surface area contributed by atoms with Gasteiger partial charge in [-0.1, -0.05) is 6.07 Å². The molecule has 0 heterocycles. The van der Waals surface area contributed by atoms with E-state index in [4.69, 9.17) is 0 Å². The molecule has 3 rings (SSSR count). The van der Waals surface area contributed by atoms with Gasteiger partial charge in [0, 0.05) is 0 Å². The molecule has 0 amide bonds. The van der Waals surface area contributed by atoms with Crippen LogP contribution >= 0.6 is 0 Å². The monoisotopic (exact) mass is 234 g/mol. The second kappa shape index (κ2) is 4.09. The van der Waals surface area contributed by atoms with Crippen molar-refractivity contribution in [1.29, 1.82) is 0 Å². The van der Waals surface area contributed by atoms with Crippen molar-refractivity contribution in [3.63, 3.8) is 0 Å². The SMILES string of the molecule is Cc1ccc(F)cc1CC(O)C1CC2CC2C1. The van der Waals surface area contributed by atoms with E-state index in [0.29, 0.717) is 12.3 Å². The summed E-state index contributed by atoms with van der Waals surface area (Å²) in [7, 11) is 0. The van der Waals surface area contributed by atoms with Gasteiger partial charge in [0.1, 0.15) is 5.82 Å². The Morgan fingerprint density at radius 3 is 2.71 bits per heavy atom. The Balaban J connectivity index is 1.67. The van der Waals surface area contributed by atoms with Gasteiger partial charge in [-0.15, -0.1) is 0 Å². The first-order valence-corrected chi connectivity index (χ1v) is 6.56. The first-order valence-electron chi connectivity index (χ1n) is 6.56.